The zero-order valence-corrected chi connectivity index (χ0v) is 13.5. The van der Waals surface area contributed by atoms with E-state index in [1.54, 1.807) is 31.4 Å². The highest BCUT2D eigenvalue weighted by atomic mass is 16.5. The van der Waals surface area contributed by atoms with Crippen LogP contribution in [0.1, 0.15) is 18.1 Å². The summed E-state index contributed by atoms with van der Waals surface area (Å²) in [5.41, 5.74) is 3.31. The lowest BCUT2D eigenvalue weighted by Crippen LogP contribution is -2.14. The van der Waals surface area contributed by atoms with Gasteiger partial charge in [0.1, 0.15) is 5.75 Å². The molecule has 120 valence electrons. The number of rotatable bonds is 5. The number of hydrogen-bond donors (Lipinski definition) is 2. The Balaban J connectivity index is 1.96. The molecule has 0 saturated heterocycles. The van der Waals surface area contributed by atoms with Gasteiger partial charge in [0.2, 0.25) is 11.8 Å². The predicted octanol–water partition coefficient (Wildman–Crippen LogP) is 3.14. The lowest BCUT2D eigenvalue weighted by atomic mass is 10.1. The Kier molecular flexibility index (Phi) is 5.36. The number of benzene rings is 2. The van der Waals surface area contributed by atoms with Gasteiger partial charge in [-0.15, -0.1) is 0 Å². The lowest BCUT2D eigenvalue weighted by molar-refractivity contribution is -0.116. The first-order valence-electron chi connectivity index (χ1n) is 7.29. The number of amides is 2. The summed E-state index contributed by atoms with van der Waals surface area (Å²) in [4.78, 5) is 23.1. The molecule has 2 amide bonds. The molecule has 0 atom stereocenters. The van der Waals surface area contributed by atoms with Crippen LogP contribution < -0.4 is 15.4 Å². The van der Waals surface area contributed by atoms with E-state index >= 15 is 0 Å². The molecule has 2 rings (SSSR count). The smallest absolute Gasteiger partial charge is 0.228 e. The molecule has 23 heavy (non-hydrogen) atoms. The zero-order valence-electron chi connectivity index (χ0n) is 13.5. The van der Waals surface area contributed by atoms with Crippen molar-refractivity contribution in [2.75, 3.05) is 17.7 Å². The van der Waals surface area contributed by atoms with Crippen molar-refractivity contribution in [2.24, 2.45) is 0 Å². The van der Waals surface area contributed by atoms with E-state index in [-0.39, 0.29) is 18.2 Å². The standard InChI is InChI=1S/C18H20N2O3/c1-12-10-14(4-9-17(12)23-3)11-18(22)20-16-7-5-15(6-8-16)19-13(2)21/h4-10H,11H2,1-3H3,(H,19,21)(H,20,22). The van der Waals surface area contributed by atoms with Crippen LogP contribution >= 0.6 is 0 Å². The maximum Gasteiger partial charge on any atom is 0.228 e. The van der Waals surface area contributed by atoms with Gasteiger partial charge < -0.3 is 15.4 Å². The van der Waals surface area contributed by atoms with E-state index in [0.29, 0.717) is 11.4 Å². The third kappa shape index (κ3) is 4.85. The van der Waals surface area contributed by atoms with E-state index in [2.05, 4.69) is 10.6 Å². The van der Waals surface area contributed by atoms with E-state index in [1.807, 2.05) is 25.1 Å². The molecule has 0 aliphatic carbocycles. The topological polar surface area (TPSA) is 67.4 Å². The first-order valence-corrected chi connectivity index (χ1v) is 7.29. The summed E-state index contributed by atoms with van der Waals surface area (Å²) in [6.07, 6.45) is 0.290. The maximum absolute atomic E-state index is 12.1. The molecule has 2 N–H and O–H groups in total. The van der Waals surface area contributed by atoms with E-state index in [4.69, 9.17) is 4.74 Å². The Hall–Kier alpha value is -2.82. The Morgan fingerprint density at radius 2 is 1.61 bits per heavy atom. The molecule has 0 saturated carbocycles. The summed E-state index contributed by atoms with van der Waals surface area (Å²) in [5.74, 6) is 0.584. The molecule has 0 unspecified atom stereocenters. The largest absolute Gasteiger partial charge is 0.496 e. The highest BCUT2D eigenvalue weighted by Crippen LogP contribution is 2.19. The Morgan fingerprint density at radius 3 is 2.13 bits per heavy atom. The van der Waals surface area contributed by atoms with E-state index in [0.717, 1.165) is 16.9 Å². The van der Waals surface area contributed by atoms with Gasteiger partial charge in [-0.3, -0.25) is 9.59 Å². The van der Waals surface area contributed by atoms with Crippen LogP contribution in [-0.2, 0) is 16.0 Å². The van der Waals surface area contributed by atoms with E-state index < -0.39 is 0 Å². The minimum Gasteiger partial charge on any atom is -0.496 e. The predicted molar refractivity (Wildman–Crippen MR) is 90.8 cm³/mol. The normalized spacial score (nSPS) is 10.0. The molecule has 0 aromatic heterocycles. The average Bonchev–Trinajstić information content (AvgIpc) is 2.49. The van der Waals surface area contributed by atoms with Crippen LogP contribution in [0.25, 0.3) is 0 Å². The summed E-state index contributed by atoms with van der Waals surface area (Å²) in [6.45, 7) is 3.40. The van der Waals surface area contributed by atoms with Crippen molar-refractivity contribution in [1.82, 2.24) is 0 Å². The van der Waals surface area contributed by atoms with Gasteiger partial charge in [0, 0.05) is 18.3 Å². The molecule has 0 bridgehead atoms. The van der Waals surface area contributed by atoms with Gasteiger partial charge in [-0.05, 0) is 48.4 Å². The van der Waals surface area contributed by atoms with Crippen molar-refractivity contribution in [1.29, 1.82) is 0 Å². The number of hydrogen-bond acceptors (Lipinski definition) is 3. The number of carbonyl (C=O) groups is 2. The van der Waals surface area contributed by atoms with Crippen LogP contribution in [0.4, 0.5) is 11.4 Å². The van der Waals surface area contributed by atoms with Gasteiger partial charge in [0.05, 0.1) is 13.5 Å². The van der Waals surface area contributed by atoms with Gasteiger partial charge in [-0.1, -0.05) is 12.1 Å². The maximum atomic E-state index is 12.1. The summed E-state index contributed by atoms with van der Waals surface area (Å²) >= 11 is 0. The third-order valence-electron chi connectivity index (χ3n) is 3.31. The monoisotopic (exact) mass is 312 g/mol. The summed E-state index contributed by atoms with van der Waals surface area (Å²) in [7, 11) is 1.62. The Labute approximate surface area is 135 Å². The van der Waals surface area contributed by atoms with Crippen molar-refractivity contribution in [3.63, 3.8) is 0 Å². The third-order valence-corrected chi connectivity index (χ3v) is 3.31. The summed E-state index contributed by atoms with van der Waals surface area (Å²) < 4.78 is 5.21. The Bertz CT molecular complexity index is 709. The minimum absolute atomic E-state index is 0.0955. The number of anilines is 2. The van der Waals surface area contributed by atoms with Crippen molar-refractivity contribution >= 4 is 23.2 Å². The molecule has 2 aromatic rings. The van der Waals surface area contributed by atoms with Gasteiger partial charge in [0.25, 0.3) is 0 Å². The van der Waals surface area contributed by atoms with Crippen LogP contribution in [0.2, 0.25) is 0 Å². The summed E-state index contributed by atoms with van der Waals surface area (Å²) in [6, 6.07) is 12.7. The lowest BCUT2D eigenvalue weighted by Gasteiger charge is -2.09. The number of carbonyl (C=O) groups excluding carboxylic acids is 2. The molecular weight excluding hydrogens is 292 g/mol. The first-order chi connectivity index (χ1) is 11.0. The van der Waals surface area contributed by atoms with E-state index in [1.165, 1.54) is 6.92 Å². The number of aryl methyl sites for hydroxylation is 1. The molecule has 5 heteroatoms. The zero-order chi connectivity index (χ0) is 16.8. The molecule has 0 aliphatic rings. The molecule has 2 aromatic carbocycles. The second-order valence-corrected chi connectivity index (χ2v) is 5.29. The molecule has 5 nitrogen and oxygen atoms in total. The molecule has 0 aliphatic heterocycles. The SMILES string of the molecule is COc1ccc(CC(=O)Nc2ccc(NC(C)=O)cc2)cc1C. The summed E-state index contributed by atoms with van der Waals surface area (Å²) in [5, 5.41) is 5.51. The number of methoxy groups -OCH3 is 1. The van der Waals surface area contributed by atoms with Crippen LogP contribution in [0, 0.1) is 6.92 Å². The fourth-order valence-electron chi connectivity index (χ4n) is 2.28. The van der Waals surface area contributed by atoms with Crippen molar-refractivity contribution in [2.45, 2.75) is 20.3 Å². The van der Waals surface area contributed by atoms with Crippen LogP contribution in [-0.4, -0.2) is 18.9 Å². The van der Waals surface area contributed by atoms with Crippen molar-refractivity contribution in [3.05, 3.63) is 53.6 Å². The van der Waals surface area contributed by atoms with Gasteiger partial charge in [0.15, 0.2) is 0 Å². The Morgan fingerprint density at radius 1 is 1.00 bits per heavy atom. The average molecular weight is 312 g/mol. The molecule has 0 fully saturated rings. The molecule has 0 heterocycles. The van der Waals surface area contributed by atoms with Crippen LogP contribution in [0.15, 0.2) is 42.5 Å². The second-order valence-electron chi connectivity index (χ2n) is 5.29. The highest BCUT2D eigenvalue weighted by Gasteiger charge is 2.06. The van der Waals surface area contributed by atoms with Crippen LogP contribution in [0.3, 0.4) is 0 Å². The first kappa shape index (κ1) is 16.5. The quantitative estimate of drug-likeness (QED) is 0.891. The van der Waals surface area contributed by atoms with Crippen LogP contribution in [0.5, 0.6) is 5.75 Å². The number of nitrogens with one attached hydrogen (secondary N) is 2. The highest BCUT2D eigenvalue weighted by molar-refractivity contribution is 5.93. The van der Waals surface area contributed by atoms with Gasteiger partial charge in [-0.2, -0.15) is 0 Å². The minimum atomic E-state index is -0.128. The van der Waals surface area contributed by atoms with Crippen molar-refractivity contribution < 1.29 is 14.3 Å². The molecule has 0 radical (unpaired) electrons. The van der Waals surface area contributed by atoms with Crippen molar-refractivity contribution in [3.8, 4) is 5.75 Å². The van der Waals surface area contributed by atoms with E-state index in [9.17, 15) is 9.59 Å². The molecule has 0 spiro atoms. The fourth-order valence-corrected chi connectivity index (χ4v) is 2.28. The fraction of sp³-hybridized carbons (Fsp3) is 0.222. The van der Waals surface area contributed by atoms with Gasteiger partial charge >= 0.3 is 0 Å². The number of ether oxygens (including phenoxy) is 1. The molecular formula is C18H20N2O3. The second kappa shape index (κ2) is 7.45. The van der Waals surface area contributed by atoms with Gasteiger partial charge in [-0.25, -0.2) is 0 Å².